The van der Waals surface area contributed by atoms with Crippen LogP contribution in [0.2, 0.25) is 0 Å². The van der Waals surface area contributed by atoms with Crippen molar-refractivity contribution in [3.63, 3.8) is 0 Å². The molecule has 1 aromatic heterocycles. The fourth-order valence-corrected chi connectivity index (χ4v) is 3.00. The van der Waals surface area contributed by atoms with Gasteiger partial charge in [0.2, 0.25) is 0 Å². The standard InChI is InChI=1S/C18H22N2O3/c1-11-9-15(12(2)20(11)13-5-6-13)18(21)19-16-10-14(22-3)7-8-17(16)23-4/h7-10,13H,5-6H2,1-4H3,(H,19,21). The second kappa shape index (κ2) is 5.99. The molecule has 0 bridgehead atoms. The normalized spacial score (nSPS) is 13.7. The van der Waals surface area contributed by atoms with E-state index in [4.69, 9.17) is 9.47 Å². The van der Waals surface area contributed by atoms with Crippen molar-refractivity contribution in [2.75, 3.05) is 19.5 Å². The molecule has 1 aliphatic rings. The molecule has 1 aliphatic carbocycles. The van der Waals surface area contributed by atoms with Gasteiger partial charge in [0.15, 0.2) is 0 Å². The molecule has 0 atom stereocenters. The minimum absolute atomic E-state index is 0.128. The number of anilines is 1. The maximum atomic E-state index is 12.7. The van der Waals surface area contributed by atoms with E-state index < -0.39 is 0 Å². The van der Waals surface area contributed by atoms with Gasteiger partial charge in [-0.1, -0.05) is 0 Å². The number of hydrogen-bond donors (Lipinski definition) is 1. The number of nitrogens with zero attached hydrogens (tertiary/aromatic N) is 1. The predicted octanol–water partition coefficient (Wildman–Crippen LogP) is 3.71. The number of carbonyl (C=O) groups excluding carboxylic acids is 1. The third-order valence-corrected chi connectivity index (χ3v) is 4.30. The first-order valence-electron chi connectivity index (χ1n) is 7.77. The number of nitrogens with one attached hydrogen (secondary N) is 1. The Bertz CT molecular complexity index is 745. The quantitative estimate of drug-likeness (QED) is 0.915. The average molecular weight is 314 g/mol. The molecule has 1 aromatic carbocycles. The third-order valence-electron chi connectivity index (χ3n) is 4.30. The lowest BCUT2D eigenvalue weighted by Gasteiger charge is -2.12. The van der Waals surface area contributed by atoms with Crippen molar-refractivity contribution >= 4 is 11.6 Å². The SMILES string of the molecule is COc1ccc(OC)c(NC(=O)c2cc(C)n(C3CC3)c2C)c1. The van der Waals surface area contributed by atoms with Crippen LogP contribution in [0.25, 0.3) is 0 Å². The van der Waals surface area contributed by atoms with Crippen molar-refractivity contribution in [3.05, 3.63) is 41.2 Å². The Morgan fingerprint density at radius 1 is 1.17 bits per heavy atom. The van der Waals surface area contributed by atoms with Crippen LogP contribution in [0, 0.1) is 13.8 Å². The molecule has 0 spiro atoms. The van der Waals surface area contributed by atoms with E-state index in [0.717, 1.165) is 11.4 Å². The van der Waals surface area contributed by atoms with Crippen LogP contribution >= 0.6 is 0 Å². The molecule has 0 unspecified atom stereocenters. The van der Waals surface area contributed by atoms with Gasteiger partial charge in [-0.3, -0.25) is 4.79 Å². The predicted molar refractivity (Wildman–Crippen MR) is 89.7 cm³/mol. The molecule has 0 radical (unpaired) electrons. The van der Waals surface area contributed by atoms with Crippen LogP contribution in [0.1, 0.15) is 40.6 Å². The molecular weight excluding hydrogens is 292 g/mol. The van der Waals surface area contributed by atoms with Gasteiger partial charge in [-0.2, -0.15) is 0 Å². The molecule has 1 N–H and O–H groups in total. The molecule has 0 aliphatic heterocycles. The van der Waals surface area contributed by atoms with Crippen LogP contribution in [0.4, 0.5) is 5.69 Å². The number of hydrogen-bond acceptors (Lipinski definition) is 3. The van der Waals surface area contributed by atoms with E-state index in [1.165, 1.54) is 12.8 Å². The number of methoxy groups -OCH3 is 2. The molecule has 3 rings (SSSR count). The number of aromatic nitrogens is 1. The summed E-state index contributed by atoms with van der Waals surface area (Å²) in [4.78, 5) is 12.7. The van der Waals surface area contributed by atoms with Crippen molar-refractivity contribution in [1.82, 2.24) is 4.57 Å². The summed E-state index contributed by atoms with van der Waals surface area (Å²) in [5, 5.41) is 2.94. The zero-order valence-electron chi connectivity index (χ0n) is 14.0. The first kappa shape index (κ1) is 15.5. The molecule has 1 saturated carbocycles. The fourth-order valence-electron chi connectivity index (χ4n) is 3.00. The van der Waals surface area contributed by atoms with Gasteiger partial charge in [-0.05, 0) is 44.9 Å². The fraction of sp³-hybridized carbons (Fsp3) is 0.389. The third kappa shape index (κ3) is 2.91. The highest BCUT2D eigenvalue weighted by molar-refractivity contribution is 6.06. The van der Waals surface area contributed by atoms with Crippen molar-refractivity contribution in [1.29, 1.82) is 0 Å². The van der Waals surface area contributed by atoms with Gasteiger partial charge in [0.1, 0.15) is 11.5 Å². The number of aryl methyl sites for hydroxylation is 1. The van der Waals surface area contributed by atoms with Crippen molar-refractivity contribution in [2.24, 2.45) is 0 Å². The zero-order valence-corrected chi connectivity index (χ0v) is 14.0. The van der Waals surface area contributed by atoms with E-state index in [-0.39, 0.29) is 5.91 Å². The Hall–Kier alpha value is -2.43. The van der Waals surface area contributed by atoms with E-state index in [9.17, 15) is 4.79 Å². The number of rotatable bonds is 5. The van der Waals surface area contributed by atoms with Crippen LogP contribution in [0.3, 0.4) is 0 Å². The summed E-state index contributed by atoms with van der Waals surface area (Å²) in [6, 6.07) is 7.85. The van der Waals surface area contributed by atoms with Crippen LogP contribution in [0.5, 0.6) is 11.5 Å². The Balaban J connectivity index is 1.89. The van der Waals surface area contributed by atoms with Crippen LogP contribution in [-0.4, -0.2) is 24.7 Å². The molecule has 5 heteroatoms. The average Bonchev–Trinajstić information content (AvgIpc) is 3.32. The van der Waals surface area contributed by atoms with E-state index in [2.05, 4.69) is 9.88 Å². The molecule has 122 valence electrons. The number of ether oxygens (including phenoxy) is 2. The number of carbonyl (C=O) groups is 1. The lowest BCUT2D eigenvalue weighted by atomic mass is 10.2. The summed E-state index contributed by atoms with van der Waals surface area (Å²) in [6.45, 7) is 4.05. The van der Waals surface area contributed by atoms with Crippen LogP contribution in [-0.2, 0) is 0 Å². The number of amides is 1. The Morgan fingerprint density at radius 2 is 1.91 bits per heavy atom. The monoisotopic (exact) mass is 314 g/mol. The lowest BCUT2D eigenvalue weighted by molar-refractivity contribution is 0.102. The van der Waals surface area contributed by atoms with E-state index >= 15 is 0 Å². The minimum atomic E-state index is -0.128. The molecule has 2 aromatic rings. The maximum Gasteiger partial charge on any atom is 0.257 e. The van der Waals surface area contributed by atoms with Crippen LogP contribution < -0.4 is 14.8 Å². The smallest absolute Gasteiger partial charge is 0.257 e. The topological polar surface area (TPSA) is 52.5 Å². The van der Waals surface area contributed by atoms with Crippen molar-refractivity contribution in [2.45, 2.75) is 32.7 Å². The van der Waals surface area contributed by atoms with Gasteiger partial charge in [0.05, 0.1) is 25.5 Å². The zero-order chi connectivity index (χ0) is 16.6. The summed E-state index contributed by atoms with van der Waals surface area (Å²) in [7, 11) is 3.17. The van der Waals surface area contributed by atoms with Crippen molar-refractivity contribution in [3.8, 4) is 11.5 Å². The van der Waals surface area contributed by atoms with Gasteiger partial charge in [0.25, 0.3) is 5.91 Å². The first-order valence-corrected chi connectivity index (χ1v) is 7.77. The summed E-state index contributed by atoms with van der Waals surface area (Å²) >= 11 is 0. The highest BCUT2D eigenvalue weighted by atomic mass is 16.5. The van der Waals surface area contributed by atoms with Gasteiger partial charge < -0.3 is 19.4 Å². The Morgan fingerprint density at radius 3 is 2.52 bits per heavy atom. The molecular formula is C18H22N2O3. The first-order chi connectivity index (χ1) is 11.0. The number of benzene rings is 1. The van der Waals surface area contributed by atoms with Crippen molar-refractivity contribution < 1.29 is 14.3 Å². The Labute approximate surface area is 136 Å². The second-order valence-corrected chi connectivity index (χ2v) is 5.91. The largest absolute Gasteiger partial charge is 0.497 e. The van der Waals surface area contributed by atoms with Gasteiger partial charge in [0, 0.05) is 23.5 Å². The lowest BCUT2D eigenvalue weighted by Crippen LogP contribution is -2.14. The summed E-state index contributed by atoms with van der Waals surface area (Å²) in [5.41, 5.74) is 3.46. The second-order valence-electron chi connectivity index (χ2n) is 5.91. The molecule has 23 heavy (non-hydrogen) atoms. The summed E-state index contributed by atoms with van der Waals surface area (Å²) in [5.74, 6) is 1.15. The molecule has 1 fully saturated rings. The van der Waals surface area contributed by atoms with E-state index in [0.29, 0.717) is 28.8 Å². The van der Waals surface area contributed by atoms with Gasteiger partial charge >= 0.3 is 0 Å². The van der Waals surface area contributed by atoms with Crippen LogP contribution in [0.15, 0.2) is 24.3 Å². The maximum absolute atomic E-state index is 12.7. The van der Waals surface area contributed by atoms with E-state index in [1.54, 1.807) is 32.4 Å². The highest BCUT2D eigenvalue weighted by Gasteiger charge is 2.28. The van der Waals surface area contributed by atoms with Gasteiger partial charge in [-0.15, -0.1) is 0 Å². The molecule has 5 nitrogen and oxygen atoms in total. The molecule has 0 saturated heterocycles. The summed E-state index contributed by atoms with van der Waals surface area (Å²) in [6.07, 6.45) is 2.39. The molecule has 1 heterocycles. The van der Waals surface area contributed by atoms with E-state index in [1.807, 2.05) is 19.9 Å². The highest BCUT2D eigenvalue weighted by Crippen LogP contribution is 2.38. The molecule has 1 amide bonds. The summed E-state index contributed by atoms with van der Waals surface area (Å²) < 4.78 is 12.8. The Kier molecular flexibility index (Phi) is 4.03. The van der Waals surface area contributed by atoms with Gasteiger partial charge in [-0.25, -0.2) is 0 Å². The minimum Gasteiger partial charge on any atom is -0.497 e.